The van der Waals surface area contributed by atoms with E-state index in [0.717, 1.165) is 13.0 Å². The summed E-state index contributed by atoms with van der Waals surface area (Å²) in [5.41, 5.74) is 0. The van der Waals surface area contributed by atoms with Gasteiger partial charge in [0, 0.05) is 0 Å². The molecule has 0 aliphatic heterocycles. The molecule has 0 saturated heterocycles. The summed E-state index contributed by atoms with van der Waals surface area (Å²) >= 11 is 11.1. The van der Waals surface area contributed by atoms with Gasteiger partial charge in [0.05, 0.1) is 6.61 Å². The van der Waals surface area contributed by atoms with E-state index in [1.165, 1.54) is 109 Å². The van der Waals surface area contributed by atoms with E-state index >= 15 is 0 Å². The minimum absolute atomic E-state index is 0.720. The Bertz CT molecular complexity index is 228. The van der Waals surface area contributed by atoms with Gasteiger partial charge in [0.2, 0.25) is 6.85 Å². The first-order valence-electron chi connectivity index (χ1n) is 10.5. The van der Waals surface area contributed by atoms with Crippen LogP contribution in [0, 0.1) is 0 Å². The van der Waals surface area contributed by atoms with Crippen LogP contribution in [0.5, 0.6) is 0 Å². The van der Waals surface area contributed by atoms with Crippen LogP contribution in [0.1, 0.15) is 122 Å². The Labute approximate surface area is 163 Å². The van der Waals surface area contributed by atoms with Gasteiger partial charge >= 0.3 is 0 Å². The van der Waals surface area contributed by atoms with E-state index in [1.807, 2.05) is 0 Å². The third-order valence-corrected chi connectivity index (χ3v) is 5.65. The Morgan fingerprint density at radius 3 is 1.08 bits per heavy atom. The molecule has 0 rings (SSSR count). The van der Waals surface area contributed by atoms with Crippen LogP contribution in [0.4, 0.5) is 0 Å². The summed E-state index contributed by atoms with van der Waals surface area (Å²) in [6, 6.07) is 0. The van der Waals surface area contributed by atoms with Crippen molar-refractivity contribution in [2.45, 2.75) is 122 Å². The van der Waals surface area contributed by atoms with Crippen LogP contribution in [0.3, 0.4) is 0 Å². The van der Waals surface area contributed by atoms with Gasteiger partial charge in [-0.05, 0) is 28.9 Å². The molecule has 24 heavy (non-hydrogen) atoms. The molecule has 0 fully saturated rings. The molecule has 0 atom stereocenters. The van der Waals surface area contributed by atoms with Gasteiger partial charge < -0.3 is 4.52 Å². The fourth-order valence-corrected chi connectivity index (χ4v) is 3.82. The predicted molar refractivity (Wildman–Crippen MR) is 113 cm³/mol. The molecule has 0 spiro atoms. The van der Waals surface area contributed by atoms with E-state index in [-0.39, 0.29) is 0 Å². The Balaban J connectivity index is 2.95. The average molecular weight is 399 g/mol. The highest BCUT2D eigenvalue weighted by Gasteiger charge is 1.98. The Morgan fingerprint density at radius 2 is 0.792 bits per heavy atom. The molecule has 1 nitrogen and oxygen atoms in total. The standard InChI is InChI=1S/C20H41Cl2OP/c1-2-3-4-5-6-7-8-9-10-11-12-13-14-15-16-17-18-19-20-23-24(21)22/h2-20H2,1H3. The molecule has 0 heterocycles. The molecule has 0 aliphatic rings. The van der Waals surface area contributed by atoms with Crippen LogP contribution in [0.2, 0.25) is 0 Å². The summed E-state index contributed by atoms with van der Waals surface area (Å²) in [4.78, 5) is 0. The zero-order chi connectivity index (χ0) is 17.7. The molecule has 4 heteroatoms. The molecule has 0 aromatic heterocycles. The zero-order valence-electron chi connectivity index (χ0n) is 16.0. The molecule has 0 amide bonds. The first kappa shape index (κ1) is 25.0. The second-order valence-electron chi connectivity index (χ2n) is 7.05. The smallest absolute Gasteiger partial charge is 0.225 e. The van der Waals surface area contributed by atoms with Crippen molar-refractivity contribution in [1.29, 1.82) is 0 Å². The minimum Gasteiger partial charge on any atom is -0.332 e. The molecule has 0 N–H and O–H groups in total. The van der Waals surface area contributed by atoms with Crippen molar-refractivity contribution in [3.8, 4) is 0 Å². The average Bonchev–Trinajstić information content (AvgIpc) is 2.56. The van der Waals surface area contributed by atoms with Crippen LogP contribution < -0.4 is 0 Å². The van der Waals surface area contributed by atoms with Crippen LogP contribution >= 0.6 is 29.3 Å². The fraction of sp³-hybridized carbons (Fsp3) is 1.00. The first-order valence-corrected chi connectivity index (χ1v) is 13.6. The highest BCUT2D eigenvalue weighted by atomic mass is 35.9. The Morgan fingerprint density at radius 1 is 0.500 bits per heavy atom. The lowest BCUT2D eigenvalue weighted by Gasteiger charge is -2.04. The molecule has 0 aromatic carbocycles. The number of hydrogen-bond donors (Lipinski definition) is 0. The van der Waals surface area contributed by atoms with Gasteiger partial charge in [0.25, 0.3) is 0 Å². The van der Waals surface area contributed by atoms with Crippen LogP contribution in [-0.2, 0) is 4.52 Å². The topological polar surface area (TPSA) is 9.23 Å². The van der Waals surface area contributed by atoms with E-state index in [4.69, 9.17) is 27.0 Å². The Hall–Kier alpha value is 0.970. The number of rotatable bonds is 20. The summed E-state index contributed by atoms with van der Waals surface area (Å²) in [6.07, 6.45) is 25.2. The van der Waals surface area contributed by atoms with Crippen LogP contribution in [0.15, 0.2) is 0 Å². The largest absolute Gasteiger partial charge is 0.332 e. The van der Waals surface area contributed by atoms with Gasteiger partial charge in [-0.2, -0.15) is 0 Å². The molecule has 0 bridgehead atoms. The van der Waals surface area contributed by atoms with E-state index in [2.05, 4.69) is 6.92 Å². The lowest BCUT2D eigenvalue weighted by atomic mass is 10.0. The minimum atomic E-state index is -1.20. The zero-order valence-corrected chi connectivity index (χ0v) is 18.5. The van der Waals surface area contributed by atoms with Crippen molar-refractivity contribution in [2.24, 2.45) is 0 Å². The molecule has 146 valence electrons. The van der Waals surface area contributed by atoms with Crippen molar-refractivity contribution in [3.63, 3.8) is 0 Å². The summed E-state index contributed by atoms with van der Waals surface area (Å²) in [5.74, 6) is 0. The molecule has 0 unspecified atom stereocenters. The predicted octanol–water partition coefficient (Wildman–Crippen LogP) is 9.75. The summed E-state index contributed by atoms with van der Waals surface area (Å²) < 4.78 is 5.17. The molecular weight excluding hydrogens is 358 g/mol. The normalized spacial score (nSPS) is 11.5. The highest BCUT2D eigenvalue weighted by molar-refractivity contribution is 8.00. The van der Waals surface area contributed by atoms with E-state index in [1.54, 1.807) is 0 Å². The van der Waals surface area contributed by atoms with Crippen molar-refractivity contribution in [1.82, 2.24) is 0 Å². The SMILES string of the molecule is CCCCCCCCCCCCCCCCCCCCOP(Cl)Cl. The molecule has 0 saturated carbocycles. The van der Waals surface area contributed by atoms with Crippen molar-refractivity contribution in [3.05, 3.63) is 0 Å². The maximum absolute atomic E-state index is 5.57. The lowest BCUT2D eigenvalue weighted by molar-refractivity contribution is 0.347. The number of halogens is 2. The molecule has 0 aromatic rings. The van der Waals surface area contributed by atoms with Gasteiger partial charge in [-0.1, -0.05) is 116 Å². The van der Waals surface area contributed by atoms with Gasteiger partial charge in [-0.25, -0.2) is 0 Å². The third-order valence-electron chi connectivity index (χ3n) is 4.69. The second kappa shape index (κ2) is 22.0. The van der Waals surface area contributed by atoms with Gasteiger partial charge in [0.1, 0.15) is 0 Å². The maximum Gasteiger partial charge on any atom is 0.225 e. The van der Waals surface area contributed by atoms with E-state index < -0.39 is 6.85 Å². The van der Waals surface area contributed by atoms with E-state index in [9.17, 15) is 0 Å². The summed E-state index contributed by atoms with van der Waals surface area (Å²) in [5, 5.41) is 0. The highest BCUT2D eigenvalue weighted by Crippen LogP contribution is 2.47. The van der Waals surface area contributed by atoms with Crippen molar-refractivity contribution < 1.29 is 4.52 Å². The van der Waals surface area contributed by atoms with Crippen LogP contribution in [0.25, 0.3) is 0 Å². The molecule has 0 aliphatic carbocycles. The van der Waals surface area contributed by atoms with Crippen molar-refractivity contribution >= 4 is 29.3 Å². The second-order valence-corrected chi connectivity index (χ2v) is 10.1. The lowest BCUT2D eigenvalue weighted by Crippen LogP contribution is -1.87. The van der Waals surface area contributed by atoms with Gasteiger partial charge in [0.15, 0.2) is 0 Å². The fourth-order valence-electron chi connectivity index (χ4n) is 3.14. The monoisotopic (exact) mass is 398 g/mol. The van der Waals surface area contributed by atoms with Crippen LogP contribution in [-0.4, -0.2) is 6.61 Å². The summed E-state index contributed by atoms with van der Waals surface area (Å²) in [7, 11) is 0. The van der Waals surface area contributed by atoms with Gasteiger partial charge in [-0.15, -0.1) is 0 Å². The molecule has 0 radical (unpaired) electrons. The van der Waals surface area contributed by atoms with Gasteiger partial charge in [-0.3, -0.25) is 0 Å². The van der Waals surface area contributed by atoms with Crippen molar-refractivity contribution in [2.75, 3.05) is 6.61 Å². The van der Waals surface area contributed by atoms with E-state index in [0.29, 0.717) is 0 Å². The quantitative estimate of drug-likeness (QED) is 0.146. The maximum atomic E-state index is 5.57. The Kier molecular flexibility index (Phi) is 22.9. The number of hydrogen-bond acceptors (Lipinski definition) is 1. The first-order chi connectivity index (χ1) is 11.8. The third kappa shape index (κ3) is 23.0. The number of unbranched alkanes of at least 4 members (excludes halogenated alkanes) is 17. The molecular formula is C20H41Cl2OP. The summed E-state index contributed by atoms with van der Waals surface area (Å²) in [6.45, 7) is 1.81.